The van der Waals surface area contributed by atoms with Gasteiger partial charge in [-0.15, -0.1) is 0 Å². The summed E-state index contributed by atoms with van der Waals surface area (Å²) < 4.78 is 13.9. The fourth-order valence-corrected chi connectivity index (χ4v) is 3.14. The molecule has 0 saturated carbocycles. The predicted molar refractivity (Wildman–Crippen MR) is 114 cm³/mol. The van der Waals surface area contributed by atoms with Gasteiger partial charge in [0.2, 0.25) is 4.77 Å². The molecular formula is C19H20Cl2N4O2S. The second-order valence-corrected chi connectivity index (χ2v) is 7.20. The predicted octanol–water partition coefficient (Wildman–Crippen LogP) is 5.28. The van der Waals surface area contributed by atoms with Gasteiger partial charge in [-0.1, -0.05) is 35.3 Å². The first-order chi connectivity index (χ1) is 13.5. The van der Waals surface area contributed by atoms with Gasteiger partial charge in [0.15, 0.2) is 11.5 Å². The molecule has 0 aliphatic carbocycles. The van der Waals surface area contributed by atoms with Gasteiger partial charge in [0.1, 0.15) is 12.4 Å². The van der Waals surface area contributed by atoms with Crippen molar-refractivity contribution in [1.29, 1.82) is 0 Å². The molecule has 0 amide bonds. The maximum Gasteiger partial charge on any atom is 0.214 e. The molecule has 0 saturated heterocycles. The van der Waals surface area contributed by atoms with Gasteiger partial charge in [-0.25, -0.2) is 4.68 Å². The molecule has 3 rings (SSSR count). The average molecular weight is 439 g/mol. The molecule has 28 heavy (non-hydrogen) atoms. The summed E-state index contributed by atoms with van der Waals surface area (Å²) in [6, 6.07) is 11.2. The van der Waals surface area contributed by atoms with Gasteiger partial charge in [0, 0.05) is 0 Å². The van der Waals surface area contributed by atoms with Crippen LogP contribution in [0.5, 0.6) is 11.5 Å². The largest absolute Gasteiger partial charge is 0.490 e. The van der Waals surface area contributed by atoms with Crippen LogP contribution in [-0.2, 0) is 13.2 Å². The number of aryl methyl sites for hydroxylation is 1. The van der Waals surface area contributed by atoms with Crippen LogP contribution in [0.15, 0.2) is 36.4 Å². The maximum atomic E-state index is 6.06. The number of ether oxygens (including phenoxy) is 2. The van der Waals surface area contributed by atoms with Gasteiger partial charge < -0.3 is 14.9 Å². The number of nitrogens with one attached hydrogen (secondary N) is 2. The van der Waals surface area contributed by atoms with E-state index in [0.717, 1.165) is 17.0 Å². The second kappa shape index (κ2) is 9.32. The summed E-state index contributed by atoms with van der Waals surface area (Å²) in [4.78, 5) is 0. The fourth-order valence-electron chi connectivity index (χ4n) is 2.57. The first-order valence-corrected chi connectivity index (χ1v) is 9.84. The second-order valence-electron chi connectivity index (χ2n) is 6.00. The van der Waals surface area contributed by atoms with E-state index >= 15 is 0 Å². The molecule has 0 aliphatic heterocycles. The Labute approximate surface area is 178 Å². The van der Waals surface area contributed by atoms with Crippen molar-refractivity contribution in [1.82, 2.24) is 14.9 Å². The molecular weight excluding hydrogens is 419 g/mol. The third-order valence-electron chi connectivity index (χ3n) is 3.97. The highest BCUT2D eigenvalue weighted by Crippen LogP contribution is 2.30. The van der Waals surface area contributed by atoms with E-state index in [1.165, 1.54) is 0 Å². The lowest BCUT2D eigenvalue weighted by atomic mass is 10.2. The third kappa shape index (κ3) is 4.98. The first-order valence-electron chi connectivity index (χ1n) is 8.68. The van der Waals surface area contributed by atoms with Gasteiger partial charge in [0.25, 0.3) is 0 Å². The first kappa shape index (κ1) is 20.5. The van der Waals surface area contributed by atoms with Crippen LogP contribution >= 0.6 is 35.4 Å². The van der Waals surface area contributed by atoms with Gasteiger partial charge in [-0.2, -0.15) is 5.10 Å². The summed E-state index contributed by atoms with van der Waals surface area (Å²) in [5.41, 5.74) is 5.18. The summed E-state index contributed by atoms with van der Waals surface area (Å²) in [7, 11) is 0. The highest BCUT2D eigenvalue weighted by molar-refractivity contribution is 7.71. The number of rotatable bonds is 8. The third-order valence-corrected chi connectivity index (χ3v) is 4.98. The Morgan fingerprint density at radius 1 is 1.07 bits per heavy atom. The number of H-pyrrole nitrogens is 1. The lowest BCUT2D eigenvalue weighted by Crippen LogP contribution is -2.16. The number of nitrogens with zero attached hydrogens (tertiary/aromatic N) is 2. The smallest absolute Gasteiger partial charge is 0.214 e. The maximum absolute atomic E-state index is 6.06. The van der Waals surface area contributed by atoms with Gasteiger partial charge in [-0.3, -0.25) is 5.10 Å². The molecule has 0 radical (unpaired) electrons. The molecule has 3 aromatic rings. The van der Waals surface area contributed by atoms with Crippen molar-refractivity contribution in [2.45, 2.75) is 27.0 Å². The quantitative estimate of drug-likeness (QED) is 0.468. The summed E-state index contributed by atoms with van der Waals surface area (Å²) in [6.07, 6.45) is 0. The minimum Gasteiger partial charge on any atom is -0.490 e. The highest BCUT2D eigenvalue weighted by Gasteiger charge is 2.09. The van der Waals surface area contributed by atoms with E-state index in [2.05, 4.69) is 15.6 Å². The van der Waals surface area contributed by atoms with Crippen LogP contribution in [0.25, 0.3) is 0 Å². The molecule has 0 unspecified atom stereocenters. The van der Waals surface area contributed by atoms with Gasteiger partial charge in [0.05, 0.1) is 23.2 Å². The van der Waals surface area contributed by atoms with E-state index in [9.17, 15) is 0 Å². The Balaban J connectivity index is 1.71. The number of hydrogen-bond acceptors (Lipinski definition) is 5. The van der Waals surface area contributed by atoms with E-state index in [-0.39, 0.29) is 0 Å². The SMILES string of the molecule is CCOc1cc(CNn2c(C)n[nH]c2=S)ccc1OCc1ccc(Cl)c(Cl)c1. The molecule has 0 fully saturated rings. The zero-order chi connectivity index (χ0) is 20.1. The van der Waals surface area contributed by atoms with Crippen LogP contribution in [0.4, 0.5) is 0 Å². The summed E-state index contributed by atoms with van der Waals surface area (Å²) in [6.45, 7) is 5.25. The zero-order valence-electron chi connectivity index (χ0n) is 15.5. The Morgan fingerprint density at radius 3 is 2.54 bits per heavy atom. The lowest BCUT2D eigenvalue weighted by molar-refractivity contribution is 0.269. The Bertz CT molecular complexity index is 1020. The molecule has 9 heteroatoms. The number of aromatic amines is 1. The van der Waals surface area contributed by atoms with Crippen LogP contribution in [0.3, 0.4) is 0 Å². The van der Waals surface area contributed by atoms with Crippen molar-refractivity contribution in [3.63, 3.8) is 0 Å². The van der Waals surface area contributed by atoms with Gasteiger partial charge >= 0.3 is 0 Å². The number of halogens is 2. The van der Waals surface area contributed by atoms with Crippen molar-refractivity contribution >= 4 is 35.4 Å². The molecule has 0 aliphatic rings. The van der Waals surface area contributed by atoms with Crippen molar-refractivity contribution in [3.8, 4) is 11.5 Å². The molecule has 6 nitrogen and oxygen atoms in total. The normalized spacial score (nSPS) is 10.7. The number of benzene rings is 2. The fraction of sp³-hybridized carbons (Fsp3) is 0.263. The van der Waals surface area contributed by atoms with E-state index in [4.69, 9.17) is 44.9 Å². The number of hydrogen-bond donors (Lipinski definition) is 2. The topological polar surface area (TPSA) is 64.1 Å². The van der Waals surface area contributed by atoms with Crippen molar-refractivity contribution in [2.24, 2.45) is 0 Å². The Hall–Kier alpha value is -2.22. The average Bonchev–Trinajstić information content (AvgIpc) is 3.00. The molecule has 1 heterocycles. The monoisotopic (exact) mass is 438 g/mol. The van der Waals surface area contributed by atoms with Crippen LogP contribution in [-0.4, -0.2) is 21.5 Å². The van der Waals surface area contributed by atoms with Crippen LogP contribution < -0.4 is 14.9 Å². The van der Waals surface area contributed by atoms with Gasteiger partial charge in [-0.05, 0) is 61.5 Å². The zero-order valence-corrected chi connectivity index (χ0v) is 17.8. The van der Waals surface area contributed by atoms with Crippen molar-refractivity contribution in [2.75, 3.05) is 12.0 Å². The molecule has 1 aromatic heterocycles. The van der Waals surface area contributed by atoms with Crippen LogP contribution in [0, 0.1) is 11.7 Å². The van der Waals surface area contributed by atoms with E-state index in [1.54, 1.807) is 16.8 Å². The Morgan fingerprint density at radius 2 is 1.86 bits per heavy atom. The van der Waals surface area contributed by atoms with Crippen molar-refractivity contribution in [3.05, 3.63) is 68.2 Å². The highest BCUT2D eigenvalue weighted by atomic mass is 35.5. The summed E-state index contributed by atoms with van der Waals surface area (Å²) >= 11 is 17.2. The summed E-state index contributed by atoms with van der Waals surface area (Å²) in [5, 5.41) is 7.84. The molecule has 0 bridgehead atoms. The standard InChI is InChI=1S/C19H20Cl2N4O2S/c1-3-26-18-9-13(10-22-25-12(2)23-24-19(25)28)5-7-17(18)27-11-14-4-6-15(20)16(21)8-14/h4-9,22H,3,10-11H2,1-2H3,(H,24,28). The number of aromatic nitrogens is 3. The van der Waals surface area contributed by atoms with Crippen molar-refractivity contribution < 1.29 is 9.47 Å². The minimum absolute atomic E-state index is 0.359. The molecule has 2 aromatic carbocycles. The molecule has 2 N–H and O–H groups in total. The van der Waals surface area contributed by atoms with Crippen LogP contribution in [0.1, 0.15) is 23.9 Å². The Kier molecular flexibility index (Phi) is 6.83. The lowest BCUT2D eigenvalue weighted by Gasteiger charge is -2.15. The minimum atomic E-state index is 0.359. The molecule has 0 spiro atoms. The molecule has 148 valence electrons. The van der Waals surface area contributed by atoms with Crippen LogP contribution in [0.2, 0.25) is 10.0 Å². The van der Waals surface area contributed by atoms with E-state index in [0.29, 0.717) is 46.1 Å². The van der Waals surface area contributed by atoms with E-state index in [1.807, 2.05) is 38.1 Å². The summed E-state index contributed by atoms with van der Waals surface area (Å²) in [5.74, 6) is 2.10. The van der Waals surface area contributed by atoms with E-state index < -0.39 is 0 Å². The molecule has 0 atom stereocenters.